The summed E-state index contributed by atoms with van der Waals surface area (Å²) in [5.41, 5.74) is 0.587. The minimum absolute atomic E-state index is 0.378. The van der Waals surface area contributed by atoms with Gasteiger partial charge in [0, 0.05) is 29.6 Å². The zero-order chi connectivity index (χ0) is 21.3. The number of ether oxygens (including phenoxy) is 3. The fourth-order valence-corrected chi connectivity index (χ4v) is 3.61. The number of rotatable bonds is 8. The van der Waals surface area contributed by atoms with Crippen LogP contribution in [0, 0.1) is 5.92 Å². The van der Waals surface area contributed by atoms with Crippen molar-refractivity contribution in [1.82, 2.24) is 5.01 Å². The zero-order valence-electron chi connectivity index (χ0n) is 17.7. The lowest BCUT2D eigenvalue weighted by molar-refractivity contribution is -0.0297. The number of carbonyl (C=O) groups excluding carboxylic acids is 1. The average molecular weight is 432 g/mol. The van der Waals surface area contributed by atoms with E-state index in [4.69, 9.17) is 14.2 Å². The van der Waals surface area contributed by atoms with Gasteiger partial charge in [-0.15, -0.1) is 11.3 Å². The fourth-order valence-electron chi connectivity index (χ4n) is 3.03. The third kappa shape index (κ3) is 6.38. The molecule has 7 nitrogen and oxygen atoms in total. The summed E-state index contributed by atoms with van der Waals surface area (Å²) >= 11 is 1.62. The highest BCUT2D eigenvalue weighted by atomic mass is 32.1. The topological polar surface area (TPSA) is 72.4 Å². The number of methoxy groups -OCH3 is 1. The standard InChI is InChI=1S/C22H29N3O4S/c1-16(2)15-28-20-13-17(9-10-19(20)27-3)24-22(26)29-21-8-4-5-11-25(21)23-14-18-7-6-12-30-18/h6-7,9-10,12-14,16,21H,4-5,8,11,15H2,1-3H3,(H,24,26). The number of nitrogens with zero attached hydrogens (tertiary/aromatic N) is 2. The number of hydrogen-bond acceptors (Lipinski definition) is 7. The van der Waals surface area contributed by atoms with Gasteiger partial charge in [0.1, 0.15) is 0 Å². The molecule has 1 aromatic carbocycles. The minimum Gasteiger partial charge on any atom is -0.493 e. The molecule has 2 heterocycles. The fraction of sp³-hybridized carbons (Fsp3) is 0.455. The van der Waals surface area contributed by atoms with E-state index in [1.807, 2.05) is 28.7 Å². The van der Waals surface area contributed by atoms with Crippen LogP contribution in [0.2, 0.25) is 0 Å². The smallest absolute Gasteiger partial charge is 0.413 e. The molecule has 1 amide bonds. The summed E-state index contributed by atoms with van der Waals surface area (Å²) < 4.78 is 16.8. The van der Waals surface area contributed by atoms with E-state index in [1.54, 1.807) is 36.6 Å². The van der Waals surface area contributed by atoms with Crippen molar-refractivity contribution >= 4 is 29.3 Å². The first-order chi connectivity index (χ1) is 14.5. The van der Waals surface area contributed by atoms with Gasteiger partial charge >= 0.3 is 6.09 Å². The average Bonchev–Trinajstić information content (AvgIpc) is 3.25. The lowest BCUT2D eigenvalue weighted by Crippen LogP contribution is -2.40. The molecule has 30 heavy (non-hydrogen) atoms. The molecule has 1 aliphatic rings. The van der Waals surface area contributed by atoms with E-state index in [0.717, 1.165) is 30.7 Å². The maximum Gasteiger partial charge on any atom is 0.413 e. The second-order valence-electron chi connectivity index (χ2n) is 7.47. The van der Waals surface area contributed by atoms with Gasteiger partial charge in [-0.25, -0.2) is 4.79 Å². The molecule has 162 valence electrons. The number of hydrazone groups is 1. The Balaban J connectivity index is 1.61. The third-order valence-corrected chi connectivity index (χ3v) is 5.33. The maximum absolute atomic E-state index is 12.5. The van der Waals surface area contributed by atoms with E-state index in [-0.39, 0.29) is 6.23 Å². The van der Waals surface area contributed by atoms with Crippen LogP contribution in [0.1, 0.15) is 38.0 Å². The number of amides is 1. The van der Waals surface area contributed by atoms with E-state index >= 15 is 0 Å². The Morgan fingerprint density at radius 2 is 2.20 bits per heavy atom. The van der Waals surface area contributed by atoms with Crippen molar-refractivity contribution in [3.05, 3.63) is 40.6 Å². The second-order valence-corrected chi connectivity index (χ2v) is 8.45. The lowest BCUT2D eigenvalue weighted by Gasteiger charge is -2.32. The van der Waals surface area contributed by atoms with Crippen molar-refractivity contribution in [2.75, 3.05) is 25.6 Å². The van der Waals surface area contributed by atoms with Crippen LogP contribution in [0.5, 0.6) is 11.5 Å². The summed E-state index contributed by atoms with van der Waals surface area (Å²) in [6, 6.07) is 9.26. The van der Waals surface area contributed by atoms with Gasteiger partial charge in [0.05, 0.1) is 19.9 Å². The highest BCUT2D eigenvalue weighted by molar-refractivity contribution is 7.11. The molecule has 1 N–H and O–H groups in total. The molecule has 1 saturated heterocycles. The van der Waals surface area contributed by atoms with E-state index in [9.17, 15) is 4.79 Å². The number of anilines is 1. The molecule has 1 atom stereocenters. The van der Waals surface area contributed by atoms with Crippen LogP contribution in [0.4, 0.5) is 10.5 Å². The molecule has 0 radical (unpaired) electrons. The summed E-state index contributed by atoms with van der Waals surface area (Å²) in [4.78, 5) is 13.6. The van der Waals surface area contributed by atoms with E-state index < -0.39 is 6.09 Å². The van der Waals surface area contributed by atoms with Crippen molar-refractivity contribution in [1.29, 1.82) is 0 Å². The number of hydrogen-bond donors (Lipinski definition) is 1. The van der Waals surface area contributed by atoms with Gasteiger partial charge < -0.3 is 14.2 Å². The summed E-state index contributed by atoms with van der Waals surface area (Å²) in [6.07, 6.45) is 3.69. The molecule has 0 aliphatic carbocycles. The number of piperidine rings is 1. The van der Waals surface area contributed by atoms with Gasteiger partial charge in [-0.2, -0.15) is 5.10 Å². The molecule has 1 aliphatic heterocycles. The molecular formula is C22H29N3O4S. The molecule has 2 aromatic rings. The zero-order valence-corrected chi connectivity index (χ0v) is 18.5. The molecule has 0 spiro atoms. The van der Waals surface area contributed by atoms with Crippen molar-refractivity contribution in [2.45, 2.75) is 39.3 Å². The highest BCUT2D eigenvalue weighted by Crippen LogP contribution is 2.31. The first-order valence-corrected chi connectivity index (χ1v) is 11.1. The number of nitrogens with one attached hydrogen (secondary N) is 1. The molecule has 3 rings (SSSR count). The van der Waals surface area contributed by atoms with Gasteiger partial charge in [0.2, 0.25) is 0 Å². The lowest BCUT2D eigenvalue weighted by atomic mass is 10.1. The van der Waals surface area contributed by atoms with Crippen LogP contribution in [-0.2, 0) is 4.74 Å². The Kier molecular flexibility index (Phi) is 7.96. The molecular weight excluding hydrogens is 402 g/mol. The van der Waals surface area contributed by atoms with Gasteiger partial charge in [-0.1, -0.05) is 19.9 Å². The monoisotopic (exact) mass is 431 g/mol. The van der Waals surface area contributed by atoms with E-state index in [2.05, 4.69) is 24.3 Å². The number of thiophene rings is 1. The molecule has 0 saturated carbocycles. The third-order valence-electron chi connectivity index (χ3n) is 4.52. The first-order valence-electron chi connectivity index (χ1n) is 10.2. The molecule has 1 unspecified atom stereocenters. The van der Waals surface area contributed by atoms with Crippen LogP contribution in [0.15, 0.2) is 40.8 Å². The Bertz CT molecular complexity index is 839. The maximum atomic E-state index is 12.5. The van der Waals surface area contributed by atoms with E-state index in [0.29, 0.717) is 29.7 Å². The molecule has 1 fully saturated rings. The van der Waals surface area contributed by atoms with Gasteiger partial charge in [-0.05, 0) is 42.3 Å². The largest absolute Gasteiger partial charge is 0.493 e. The first kappa shape index (κ1) is 22.0. The van der Waals surface area contributed by atoms with Gasteiger partial charge in [-0.3, -0.25) is 10.3 Å². The molecule has 1 aromatic heterocycles. The summed E-state index contributed by atoms with van der Waals surface area (Å²) in [5.74, 6) is 1.59. The van der Waals surface area contributed by atoms with Crippen LogP contribution >= 0.6 is 11.3 Å². The highest BCUT2D eigenvalue weighted by Gasteiger charge is 2.25. The molecule has 0 bridgehead atoms. The molecule has 8 heteroatoms. The van der Waals surface area contributed by atoms with Gasteiger partial charge in [0.25, 0.3) is 0 Å². The Labute approximate surface area is 181 Å². The predicted octanol–water partition coefficient (Wildman–Crippen LogP) is 5.19. The summed E-state index contributed by atoms with van der Waals surface area (Å²) in [7, 11) is 1.59. The van der Waals surface area contributed by atoms with Crippen LogP contribution in [0.25, 0.3) is 0 Å². The van der Waals surface area contributed by atoms with Crippen LogP contribution < -0.4 is 14.8 Å². The normalized spacial score (nSPS) is 16.7. The van der Waals surface area contributed by atoms with Crippen molar-refractivity contribution in [2.24, 2.45) is 11.0 Å². The predicted molar refractivity (Wildman–Crippen MR) is 120 cm³/mol. The van der Waals surface area contributed by atoms with E-state index in [1.165, 1.54) is 0 Å². The Morgan fingerprint density at radius 3 is 2.93 bits per heavy atom. The van der Waals surface area contributed by atoms with Crippen molar-refractivity contribution < 1.29 is 19.0 Å². The van der Waals surface area contributed by atoms with Crippen LogP contribution in [0.3, 0.4) is 0 Å². The van der Waals surface area contributed by atoms with Gasteiger partial charge in [0.15, 0.2) is 17.7 Å². The minimum atomic E-state index is -0.516. The second kappa shape index (κ2) is 10.9. The van der Waals surface area contributed by atoms with Crippen molar-refractivity contribution in [3.63, 3.8) is 0 Å². The number of benzene rings is 1. The summed E-state index contributed by atoms with van der Waals surface area (Å²) in [5, 5.41) is 11.2. The summed E-state index contributed by atoms with van der Waals surface area (Å²) in [6.45, 7) is 5.46. The quantitative estimate of drug-likeness (QED) is 0.583. The SMILES string of the molecule is COc1ccc(NC(=O)OC2CCCCN2N=Cc2cccs2)cc1OCC(C)C. The van der Waals surface area contributed by atoms with Crippen molar-refractivity contribution in [3.8, 4) is 11.5 Å². The van der Waals surface area contributed by atoms with Crippen LogP contribution in [-0.4, -0.2) is 43.8 Å². The number of carbonyl (C=O) groups is 1. The Hall–Kier alpha value is -2.74. The Morgan fingerprint density at radius 1 is 1.33 bits per heavy atom.